The van der Waals surface area contributed by atoms with Crippen molar-refractivity contribution in [2.24, 2.45) is 0 Å². The average Bonchev–Trinajstić information content (AvgIpc) is 2.12. The van der Waals surface area contributed by atoms with Gasteiger partial charge in [0.2, 0.25) is 0 Å². The minimum absolute atomic E-state index is 0.464. The van der Waals surface area contributed by atoms with E-state index < -0.39 is 0 Å². The zero-order valence-corrected chi connectivity index (χ0v) is 8.52. The fourth-order valence-electron chi connectivity index (χ4n) is 1.36. The molecule has 1 aromatic carbocycles. The monoisotopic (exact) mass is 211 g/mol. The molecule has 0 unspecified atom stereocenters. The van der Waals surface area contributed by atoms with Crippen molar-refractivity contribution in [3.8, 4) is 0 Å². The van der Waals surface area contributed by atoms with Crippen molar-refractivity contribution in [2.45, 2.75) is 6.92 Å². The highest BCUT2D eigenvalue weighted by Crippen LogP contribution is 2.30. The molecule has 1 aromatic heterocycles. The van der Waals surface area contributed by atoms with Crippen molar-refractivity contribution >= 4 is 34.0 Å². The molecule has 0 fully saturated rings. The summed E-state index contributed by atoms with van der Waals surface area (Å²) in [6.45, 7) is 2.02. The Labute approximate surface area is 86.3 Å². The van der Waals surface area contributed by atoms with Crippen LogP contribution in [0.5, 0.6) is 0 Å². The van der Waals surface area contributed by atoms with Gasteiger partial charge in [-0.3, -0.25) is 0 Å². The van der Waals surface area contributed by atoms with Crippen molar-refractivity contribution in [3.05, 3.63) is 40.1 Å². The SMILES string of the molecule is Cc1ccc(Cl)c2c(Cl)nccc12. The Morgan fingerprint density at radius 2 is 1.92 bits per heavy atom. The largest absolute Gasteiger partial charge is 0.244 e. The summed E-state index contributed by atoms with van der Waals surface area (Å²) < 4.78 is 0. The molecule has 0 saturated carbocycles. The predicted molar refractivity (Wildman–Crippen MR) is 56.5 cm³/mol. The lowest BCUT2D eigenvalue weighted by Gasteiger charge is -2.04. The molecule has 3 heteroatoms. The Kier molecular flexibility index (Phi) is 2.14. The van der Waals surface area contributed by atoms with E-state index in [-0.39, 0.29) is 0 Å². The van der Waals surface area contributed by atoms with Gasteiger partial charge in [-0.2, -0.15) is 0 Å². The second-order valence-electron chi connectivity index (χ2n) is 2.89. The van der Waals surface area contributed by atoms with E-state index in [9.17, 15) is 0 Å². The fourth-order valence-corrected chi connectivity index (χ4v) is 1.93. The van der Waals surface area contributed by atoms with Crippen molar-refractivity contribution in [1.29, 1.82) is 0 Å². The van der Waals surface area contributed by atoms with Gasteiger partial charge in [-0.15, -0.1) is 0 Å². The van der Waals surface area contributed by atoms with E-state index in [0.717, 1.165) is 16.3 Å². The maximum Gasteiger partial charge on any atom is 0.138 e. The van der Waals surface area contributed by atoms with Gasteiger partial charge in [0, 0.05) is 11.6 Å². The number of aryl methyl sites for hydroxylation is 1. The first-order valence-electron chi connectivity index (χ1n) is 3.89. The summed E-state index contributed by atoms with van der Waals surface area (Å²) in [6.07, 6.45) is 1.69. The van der Waals surface area contributed by atoms with E-state index in [2.05, 4.69) is 4.98 Å². The normalized spacial score (nSPS) is 10.7. The molecule has 1 nitrogen and oxygen atoms in total. The Hall–Kier alpha value is -0.790. The summed E-state index contributed by atoms with van der Waals surface area (Å²) in [4.78, 5) is 3.99. The van der Waals surface area contributed by atoms with Gasteiger partial charge in [-0.05, 0) is 30.0 Å². The van der Waals surface area contributed by atoms with Crippen molar-refractivity contribution < 1.29 is 0 Å². The Bertz CT molecular complexity index is 457. The van der Waals surface area contributed by atoms with E-state index in [1.165, 1.54) is 0 Å². The fraction of sp³-hybridized carbons (Fsp3) is 0.100. The van der Waals surface area contributed by atoms with E-state index in [4.69, 9.17) is 23.2 Å². The summed E-state index contributed by atoms with van der Waals surface area (Å²) in [6, 6.07) is 5.73. The zero-order valence-electron chi connectivity index (χ0n) is 7.01. The molecule has 0 aliphatic carbocycles. The Balaban J connectivity index is 3.00. The molecular formula is C10H7Cl2N. The molecule has 0 N–H and O–H groups in total. The van der Waals surface area contributed by atoms with E-state index in [1.807, 2.05) is 25.1 Å². The molecule has 2 rings (SSSR count). The summed E-state index contributed by atoms with van der Waals surface area (Å²) in [7, 11) is 0. The molecule has 0 radical (unpaired) electrons. The standard InChI is InChI=1S/C10H7Cl2N/c1-6-2-3-8(11)9-7(6)4-5-13-10(9)12/h2-5H,1H3. The Morgan fingerprint density at radius 3 is 2.62 bits per heavy atom. The predicted octanol–water partition coefficient (Wildman–Crippen LogP) is 3.85. The first kappa shape index (κ1) is 8.79. The maximum absolute atomic E-state index is 6.01. The third kappa shape index (κ3) is 1.38. The van der Waals surface area contributed by atoms with Crippen LogP contribution >= 0.6 is 23.2 Å². The topological polar surface area (TPSA) is 12.9 Å². The van der Waals surface area contributed by atoms with Crippen LogP contribution in [-0.2, 0) is 0 Å². The zero-order chi connectivity index (χ0) is 9.42. The van der Waals surface area contributed by atoms with Gasteiger partial charge >= 0.3 is 0 Å². The molecule has 1 heterocycles. The number of aromatic nitrogens is 1. The summed E-state index contributed by atoms with van der Waals surface area (Å²) >= 11 is 11.9. The minimum atomic E-state index is 0.464. The van der Waals surface area contributed by atoms with Gasteiger partial charge in [0.25, 0.3) is 0 Å². The van der Waals surface area contributed by atoms with E-state index in [1.54, 1.807) is 6.20 Å². The van der Waals surface area contributed by atoms with Crippen molar-refractivity contribution in [2.75, 3.05) is 0 Å². The highest BCUT2D eigenvalue weighted by Gasteiger charge is 2.05. The molecule has 66 valence electrons. The second-order valence-corrected chi connectivity index (χ2v) is 3.65. The Morgan fingerprint density at radius 1 is 1.15 bits per heavy atom. The van der Waals surface area contributed by atoms with Gasteiger partial charge in [0.1, 0.15) is 5.15 Å². The first-order valence-corrected chi connectivity index (χ1v) is 4.65. The molecule has 0 bridgehead atoms. The highest BCUT2D eigenvalue weighted by molar-refractivity contribution is 6.41. The van der Waals surface area contributed by atoms with Crippen LogP contribution in [-0.4, -0.2) is 4.98 Å². The number of nitrogens with zero attached hydrogens (tertiary/aromatic N) is 1. The lowest BCUT2D eigenvalue weighted by molar-refractivity contribution is 1.35. The lowest BCUT2D eigenvalue weighted by Crippen LogP contribution is -1.83. The molecule has 0 aliphatic rings. The first-order chi connectivity index (χ1) is 6.20. The van der Waals surface area contributed by atoms with Gasteiger partial charge in [-0.25, -0.2) is 4.98 Å². The molecule has 13 heavy (non-hydrogen) atoms. The number of pyridine rings is 1. The van der Waals surface area contributed by atoms with E-state index in [0.29, 0.717) is 10.2 Å². The number of hydrogen-bond acceptors (Lipinski definition) is 1. The third-order valence-electron chi connectivity index (χ3n) is 2.05. The van der Waals surface area contributed by atoms with Gasteiger partial charge < -0.3 is 0 Å². The maximum atomic E-state index is 6.01. The molecular weight excluding hydrogens is 205 g/mol. The second kappa shape index (κ2) is 3.17. The van der Waals surface area contributed by atoms with Crippen molar-refractivity contribution in [3.63, 3.8) is 0 Å². The molecule has 0 amide bonds. The summed E-state index contributed by atoms with van der Waals surface area (Å²) in [5, 5.41) is 3.02. The van der Waals surface area contributed by atoms with Crippen LogP contribution in [0, 0.1) is 6.92 Å². The smallest absolute Gasteiger partial charge is 0.138 e. The third-order valence-corrected chi connectivity index (χ3v) is 2.65. The van der Waals surface area contributed by atoms with Crippen LogP contribution < -0.4 is 0 Å². The van der Waals surface area contributed by atoms with Gasteiger partial charge in [-0.1, -0.05) is 29.3 Å². The van der Waals surface area contributed by atoms with Crippen LogP contribution in [0.3, 0.4) is 0 Å². The minimum Gasteiger partial charge on any atom is -0.244 e. The van der Waals surface area contributed by atoms with E-state index >= 15 is 0 Å². The lowest BCUT2D eigenvalue weighted by atomic mass is 10.1. The number of hydrogen-bond donors (Lipinski definition) is 0. The number of benzene rings is 1. The van der Waals surface area contributed by atoms with Crippen molar-refractivity contribution in [1.82, 2.24) is 4.98 Å². The van der Waals surface area contributed by atoms with Crippen LogP contribution in [0.4, 0.5) is 0 Å². The molecule has 0 aliphatic heterocycles. The van der Waals surface area contributed by atoms with Gasteiger partial charge in [0.05, 0.1) is 5.02 Å². The summed E-state index contributed by atoms with van der Waals surface area (Å²) in [5.74, 6) is 0. The van der Waals surface area contributed by atoms with Crippen LogP contribution in [0.15, 0.2) is 24.4 Å². The number of halogens is 2. The summed E-state index contributed by atoms with van der Waals surface area (Å²) in [5.41, 5.74) is 1.16. The van der Waals surface area contributed by atoms with Crippen LogP contribution in [0.2, 0.25) is 10.2 Å². The van der Waals surface area contributed by atoms with Crippen LogP contribution in [0.25, 0.3) is 10.8 Å². The molecule has 0 atom stereocenters. The van der Waals surface area contributed by atoms with Crippen LogP contribution in [0.1, 0.15) is 5.56 Å². The number of rotatable bonds is 0. The molecule has 2 aromatic rings. The molecule has 0 saturated heterocycles. The average molecular weight is 212 g/mol. The number of fused-ring (bicyclic) bond motifs is 1. The molecule has 0 spiro atoms. The quantitative estimate of drug-likeness (QED) is 0.604. The highest BCUT2D eigenvalue weighted by atomic mass is 35.5. The van der Waals surface area contributed by atoms with Gasteiger partial charge in [0.15, 0.2) is 0 Å².